The van der Waals surface area contributed by atoms with E-state index in [1.807, 2.05) is 0 Å². The maximum Gasteiger partial charge on any atom is 0.419 e. The minimum absolute atomic E-state index is 0.103. The van der Waals surface area contributed by atoms with E-state index in [2.05, 4.69) is 0 Å². The highest BCUT2D eigenvalue weighted by molar-refractivity contribution is 5.74. The Balaban J connectivity index is 2.28. The third-order valence-electron chi connectivity index (χ3n) is 2.76. The summed E-state index contributed by atoms with van der Waals surface area (Å²) in [4.78, 5) is 23.0. The summed E-state index contributed by atoms with van der Waals surface area (Å²) in [6, 6.07) is 4.98. The fraction of sp³-hybridized carbons (Fsp3) is 0.385. The van der Waals surface area contributed by atoms with Gasteiger partial charge in [0.05, 0.1) is 25.2 Å². The minimum atomic E-state index is -0.519. The molecule has 0 bridgehead atoms. The van der Waals surface area contributed by atoms with Gasteiger partial charge >= 0.3 is 11.7 Å². The third kappa shape index (κ3) is 2.85. The zero-order valence-electron chi connectivity index (χ0n) is 10.6. The molecular formula is C13H15NO5. The van der Waals surface area contributed by atoms with Crippen molar-refractivity contribution < 1.29 is 19.1 Å². The number of carbonyl (C=O) groups excluding carboxylic acids is 1. The number of rotatable bonds is 5. The smallest absolute Gasteiger partial charge is 0.419 e. The first-order valence-electron chi connectivity index (χ1n) is 6.04. The van der Waals surface area contributed by atoms with Crippen molar-refractivity contribution in [3.8, 4) is 0 Å². The number of oxazole rings is 1. The van der Waals surface area contributed by atoms with Crippen LogP contribution in [0.2, 0.25) is 0 Å². The quantitative estimate of drug-likeness (QED) is 0.817. The Hall–Kier alpha value is -2.08. The summed E-state index contributed by atoms with van der Waals surface area (Å²) in [6.45, 7) is 2.12. The van der Waals surface area contributed by atoms with E-state index in [1.54, 1.807) is 25.1 Å². The zero-order valence-corrected chi connectivity index (χ0v) is 10.6. The molecule has 2 rings (SSSR count). The molecule has 0 unspecified atom stereocenters. The average molecular weight is 265 g/mol. The van der Waals surface area contributed by atoms with Gasteiger partial charge in [-0.25, -0.2) is 4.79 Å². The molecule has 1 heterocycles. The van der Waals surface area contributed by atoms with Crippen LogP contribution >= 0.6 is 0 Å². The van der Waals surface area contributed by atoms with Crippen LogP contribution in [0.4, 0.5) is 0 Å². The van der Waals surface area contributed by atoms with Gasteiger partial charge in [0, 0.05) is 6.54 Å². The van der Waals surface area contributed by atoms with Crippen molar-refractivity contribution in [1.29, 1.82) is 0 Å². The fourth-order valence-corrected chi connectivity index (χ4v) is 1.85. The Bertz CT molecular complexity index is 640. The number of aliphatic hydroxyl groups is 1. The van der Waals surface area contributed by atoms with Crippen LogP contribution in [0.25, 0.3) is 11.1 Å². The molecule has 6 heteroatoms. The molecule has 102 valence electrons. The van der Waals surface area contributed by atoms with Crippen LogP contribution in [-0.2, 0) is 22.7 Å². The van der Waals surface area contributed by atoms with Gasteiger partial charge < -0.3 is 14.3 Å². The molecule has 0 fully saturated rings. The van der Waals surface area contributed by atoms with Gasteiger partial charge in [0.2, 0.25) is 0 Å². The molecule has 0 aliphatic heterocycles. The van der Waals surface area contributed by atoms with Crippen molar-refractivity contribution in [3.63, 3.8) is 0 Å². The number of carbonyl (C=O) groups is 1. The lowest BCUT2D eigenvalue weighted by Gasteiger charge is -2.03. The van der Waals surface area contributed by atoms with Crippen LogP contribution < -0.4 is 5.76 Å². The molecule has 0 amide bonds. The molecule has 0 atom stereocenters. The molecule has 0 saturated carbocycles. The minimum Gasteiger partial charge on any atom is -0.466 e. The van der Waals surface area contributed by atoms with E-state index in [9.17, 15) is 9.59 Å². The Labute approximate surface area is 109 Å². The number of esters is 1. The first-order valence-corrected chi connectivity index (χ1v) is 6.04. The first kappa shape index (κ1) is 13.4. The van der Waals surface area contributed by atoms with E-state index < -0.39 is 5.76 Å². The van der Waals surface area contributed by atoms with Gasteiger partial charge in [-0.2, -0.15) is 0 Å². The summed E-state index contributed by atoms with van der Waals surface area (Å²) in [6.07, 6.45) is 0.103. The van der Waals surface area contributed by atoms with E-state index in [4.69, 9.17) is 14.3 Å². The van der Waals surface area contributed by atoms with Crippen LogP contribution in [0.15, 0.2) is 27.4 Å². The molecule has 0 spiro atoms. The standard InChI is InChI=1S/C13H15NO5/c1-2-18-12(16)5-6-14-10-7-9(8-15)3-4-11(10)19-13(14)17/h3-4,7,15H,2,5-6,8H2,1H3. The monoisotopic (exact) mass is 265 g/mol. The van der Waals surface area contributed by atoms with Crippen molar-refractivity contribution in [3.05, 3.63) is 34.3 Å². The van der Waals surface area contributed by atoms with Crippen LogP contribution in [0.3, 0.4) is 0 Å². The molecule has 19 heavy (non-hydrogen) atoms. The van der Waals surface area contributed by atoms with E-state index in [1.165, 1.54) is 4.57 Å². The van der Waals surface area contributed by atoms with Gasteiger partial charge in [-0.1, -0.05) is 6.07 Å². The Morgan fingerprint density at radius 3 is 2.95 bits per heavy atom. The Kier molecular flexibility index (Phi) is 4.01. The van der Waals surface area contributed by atoms with E-state index in [0.717, 1.165) is 0 Å². The zero-order chi connectivity index (χ0) is 13.8. The lowest BCUT2D eigenvalue weighted by atomic mass is 10.2. The molecule has 0 saturated heterocycles. The van der Waals surface area contributed by atoms with Gasteiger partial charge in [0.25, 0.3) is 0 Å². The van der Waals surface area contributed by atoms with Crippen molar-refractivity contribution in [2.24, 2.45) is 0 Å². The molecule has 6 nitrogen and oxygen atoms in total. The summed E-state index contributed by atoms with van der Waals surface area (Å²) < 4.78 is 11.2. The Morgan fingerprint density at radius 2 is 2.26 bits per heavy atom. The summed E-state index contributed by atoms with van der Waals surface area (Å²) in [5.74, 6) is -0.878. The van der Waals surface area contributed by atoms with E-state index >= 15 is 0 Å². The Morgan fingerprint density at radius 1 is 1.47 bits per heavy atom. The lowest BCUT2D eigenvalue weighted by molar-refractivity contribution is -0.143. The third-order valence-corrected chi connectivity index (χ3v) is 2.76. The summed E-state index contributed by atoms with van der Waals surface area (Å²) >= 11 is 0. The predicted molar refractivity (Wildman–Crippen MR) is 67.6 cm³/mol. The van der Waals surface area contributed by atoms with Crippen LogP contribution in [0, 0.1) is 0 Å². The topological polar surface area (TPSA) is 81.7 Å². The number of aliphatic hydroxyl groups excluding tert-OH is 1. The molecule has 1 aromatic carbocycles. The van der Waals surface area contributed by atoms with Crippen LogP contribution in [-0.4, -0.2) is 22.2 Å². The van der Waals surface area contributed by atoms with Crippen molar-refractivity contribution in [2.75, 3.05) is 6.61 Å². The van der Waals surface area contributed by atoms with Gasteiger partial charge in [-0.3, -0.25) is 9.36 Å². The normalized spacial score (nSPS) is 10.8. The summed E-state index contributed by atoms with van der Waals surface area (Å²) in [5, 5.41) is 9.09. The number of ether oxygens (including phenoxy) is 1. The van der Waals surface area contributed by atoms with Crippen molar-refractivity contribution in [1.82, 2.24) is 4.57 Å². The van der Waals surface area contributed by atoms with Gasteiger partial charge in [-0.15, -0.1) is 0 Å². The SMILES string of the molecule is CCOC(=O)CCn1c(=O)oc2ccc(CO)cc21. The number of benzene rings is 1. The fourth-order valence-electron chi connectivity index (χ4n) is 1.85. The number of hydrogen-bond donors (Lipinski definition) is 1. The molecule has 1 aromatic heterocycles. The number of aryl methyl sites for hydroxylation is 1. The first-order chi connectivity index (χ1) is 9.15. The highest BCUT2D eigenvalue weighted by Gasteiger charge is 2.11. The van der Waals surface area contributed by atoms with E-state index in [0.29, 0.717) is 23.3 Å². The predicted octanol–water partition coefficient (Wildman–Crippen LogP) is 1.04. The maximum atomic E-state index is 11.7. The van der Waals surface area contributed by atoms with Gasteiger partial charge in [-0.05, 0) is 24.6 Å². The highest BCUT2D eigenvalue weighted by Crippen LogP contribution is 2.15. The second-order valence-electron chi connectivity index (χ2n) is 4.03. The van der Waals surface area contributed by atoms with Crippen molar-refractivity contribution >= 4 is 17.1 Å². The molecular weight excluding hydrogens is 250 g/mol. The molecule has 0 aliphatic carbocycles. The molecule has 2 aromatic rings. The largest absolute Gasteiger partial charge is 0.466 e. The highest BCUT2D eigenvalue weighted by atomic mass is 16.5. The van der Waals surface area contributed by atoms with Crippen LogP contribution in [0.1, 0.15) is 18.9 Å². The number of aromatic nitrogens is 1. The van der Waals surface area contributed by atoms with E-state index in [-0.39, 0.29) is 25.5 Å². The second-order valence-corrected chi connectivity index (χ2v) is 4.03. The summed E-state index contributed by atoms with van der Waals surface area (Å²) in [5.41, 5.74) is 1.69. The second kappa shape index (κ2) is 5.71. The van der Waals surface area contributed by atoms with Crippen LogP contribution in [0.5, 0.6) is 0 Å². The van der Waals surface area contributed by atoms with Gasteiger partial charge in [0.15, 0.2) is 5.58 Å². The maximum absolute atomic E-state index is 11.7. The van der Waals surface area contributed by atoms with Gasteiger partial charge in [0.1, 0.15) is 0 Å². The van der Waals surface area contributed by atoms with Crippen molar-refractivity contribution in [2.45, 2.75) is 26.5 Å². The number of fused-ring (bicyclic) bond motifs is 1. The lowest BCUT2D eigenvalue weighted by Crippen LogP contribution is -2.17. The summed E-state index contributed by atoms with van der Waals surface area (Å²) in [7, 11) is 0. The average Bonchev–Trinajstić information content (AvgIpc) is 2.71. The number of nitrogens with zero attached hydrogens (tertiary/aromatic N) is 1. The molecule has 1 N–H and O–H groups in total. The molecule has 0 aliphatic rings. The number of hydrogen-bond acceptors (Lipinski definition) is 5. The molecule has 0 radical (unpaired) electrons.